The maximum atomic E-state index is 13.8. The van der Waals surface area contributed by atoms with Crippen LogP contribution in [0, 0.1) is 0 Å². The molecule has 8 nitrogen and oxygen atoms in total. The van der Waals surface area contributed by atoms with Gasteiger partial charge in [0.05, 0.1) is 20.8 Å². The predicted molar refractivity (Wildman–Crippen MR) is 136 cm³/mol. The lowest BCUT2D eigenvalue weighted by molar-refractivity contribution is -0.141. The molecule has 0 unspecified atom stereocenters. The summed E-state index contributed by atoms with van der Waals surface area (Å²) in [5.41, 5.74) is 0.594. The fourth-order valence-electron chi connectivity index (χ4n) is 4.82. The van der Waals surface area contributed by atoms with Gasteiger partial charge in [-0.3, -0.25) is 9.59 Å². The number of rotatable bonds is 9. The van der Waals surface area contributed by atoms with Crippen LogP contribution in [0.25, 0.3) is 0 Å². The zero-order valence-corrected chi connectivity index (χ0v) is 21.5. The van der Waals surface area contributed by atoms with Crippen LogP contribution in [0.4, 0.5) is 0 Å². The highest BCUT2D eigenvalue weighted by atomic mass is 35.5. The number of hydrogen-bond donors (Lipinski definition) is 1. The number of carbonyl (C=O) groups is 2. The maximum absolute atomic E-state index is 13.8. The predicted octanol–water partition coefficient (Wildman–Crippen LogP) is 4.10. The molecule has 2 atom stereocenters. The van der Waals surface area contributed by atoms with Crippen molar-refractivity contribution in [2.75, 3.05) is 33.3 Å². The van der Waals surface area contributed by atoms with Crippen molar-refractivity contribution in [1.29, 1.82) is 0 Å². The van der Waals surface area contributed by atoms with Crippen LogP contribution in [-0.4, -0.2) is 62.1 Å². The van der Waals surface area contributed by atoms with Gasteiger partial charge in [-0.15, -0.1) is 11.6 Å². The van der Waals surface area contributed by atoms with Crippen molar-refractivity contribution >= 4 is 23.4 Å². The second-order valence-electron chi connectivity index (χ2n) is 9.04. The molecule has 1 aliphatic carbocycles. The molecule has 2 amide bonds. The average Bonchev–Trinajstić information content (AvgIpc) is 2.92. The van der Waals surface area contributed by atoms with Crippen LogP contribution in [0.3, 0.4) is 0 Å². The molecule has 0 radical (unpaired) electrons. The Morgan fingerprint density at radius 3 is 2.47 bits per heavy atom. The molecule has 1 N–H and O–H groups in total. The molecule has 2 aliphatic rings. The van der Waals surface area contributed by atoms with Crippen LogP contribution in [0.5, 0.6) is 23.0 Å². The van der Waals surface area contributed by atoms with Crippen molar-refractivity contribution in [3.05, 3.63) is 48.0 Å². The first kappa shape index (κ1) is 25.9. The van der Waals surface area contributed by atoms with Crippen molar-refractivity contribution < 1.29 is 28.5 Å². The van der Waals surface area contributed by atoms with Crippen LogP contribution in [0.15, 0.2) is 42.5 Å². The number of halogens is 1. The number of hydrogen-bond acceptors (Lipinski definition) is 6. The molecule has 1 saturated carbocycles. The number of alkyl halides is 1. The molecule has 2 aromatic carbocycles. The first-order chi connectivity index (χ1) is 17.5. The van der Waals surface area contributed by atoms with Crippen molar-refractivity contribution in [3.63, 3.8) is 0 Å². The zero-order valence-electron chi connectivity index (χ0n) is 20.7. The fourth-order valence-corrected chi connectivity index (χ4v) is 4.98. The van der Waals surface area contributed by atoms with Gasteiger partial charge in [0.15, 0.2) is 29.1 Å². The molecular formula is C27H33ClN2O6. The van der Waals surface area contributed by atoms with E-state index in [1.165, 1.54) is 18.4 Å². The number of methoxy groups -OCH3 is 2. The van der Waals surface area contributed by atoms with E-state index in [0.29, 0.717) is 28.6 Å². The quantitative estimate of drug-likeness (QED) is 0.505. The first-order valence-corrected chi connectivity index (χ1v) is 12.8. The van der Waals surface area contributed by atoms with Crippen molar-refractivity contribution in [2.24, 2.45) is 0 Å². The van der Waals surface area contributed by atoms with Crippen LogP contribution < -0.4 is 24.3 Å². The minimum atomic E-state index is -0.932. The van der Waals surface area contributed by atoms with E-state index < -0.39 is 12.1 Å². The van der Waals surface area contributed by atoms with Gasteiger partial charge < -0.3 is 29.2 Å². The third-order valence-electron chi connectivity index (χ3n) is 6.64. The van der Waals surface area contributed by atoms with Gasteiger partial charge in [0.25, 0.3) is 0 Å². The number of nitrogens with zero attached hydrogens (tertiary/aromatic N) is 1. The molecule has 194 valence electrons. The summed E-state index contributed by atoms with van der Waals surface area (Å²) in [6.07, 6.45) is 4.68. The molecule has 0 saturated heterocycles. The third kappa shape index (κ3) is 5.98. The standard InChI is InChI=1S/C27H33ClN2O6/c1-33-21-13-12-18(14-24(21)34-2)26(27(32)29-19-8-4-3-5-9-19)30(25(31)15-28)16-20-17-35-22-10-6-7-11-23(22)36-20/h6-7,10-14,19-20,26H,3-5,8-9,15-17H2,1-2H3,(H,29,32)/t20-,26+/m0/s1. The fraction of sp³-hybridized carbons (Fsp3) is 0.481. The van der Waals surface area contributed by atoms with E-state index in [9.17, 15) is 9.59 Å². The normalized spacial score (nSPS) is 18.1. The largest absolute Gasteiger partial charge is 0.493 e. The Bertz CT molecular complexity index is 1060. The van der Waals surface area contributed by atoms with Crippen molar-refractivity contribution in [2.45, 2.75) is 50.3 Å². The Hall–Kier alpha value is -3.13. The number of fused-ring (bicyclic) bond motifs is 1. The van der Waals surface area contributed by atoms with Crippen LogP contribution in [-0.2, 0) is 9.59 Å². The Kier molecular flexibility index (Phi) is 8.80. The van der Waals surface area contributed by atoms with E-state index in [2.05, 4.69) is 5.32 Å². The second-order valence-corrected chi connectivity index (χ2v) is 9.31. The maximum Gasteiger partial charge on any atom is 0.247 e. The molecule has 36 heavy (non-hydrogen) atoms. The Labute approximate surface area is 216 Å². The molecule has 1 heterocycles. The number of para-hydroxylation sites is 2. The zero-order chi connectivity index (χ0) is 25.5. The SMILES string of the molecule is COc1ccc([C@H](C(=O)NC2CCCCC2)N(C[C@H]2COc3ccccc3O2)C(=O)CCl)cc1OC. The molecule has 0 bridgehead atoms. The average molecular weight is 517 g/mol. The molecule has 2 aromatic rings. The lowest BCUT2D eigenvalue weighted by Gasteiger charge is -2.36. The molecule has 0 aromatic heterocycles. The highest BCUT2D eigenvalue weighted by Crippen LogP contribution is 2.35. The Morgan fingerprint density at radius 1 is 1.06 bits per heavy atom. The summed E-state index contributed by atoms with van der Waals surface area (Å²) in [5.74, 6) is 1.34. The van der Waals surface area contributed by atoms with Gasteiger partial charge in [0.2, 0.25) is 11.8 Å². The number of nitrogens with one attached hydrogen (secondary N) is 1. The molecule has 1 fully saturated rings. The Balaban J connectivity index is 1.65. The van der Waals surface area contributed by atoms with Gasteiger partial charge in [-0.1, -0.05) is 37.5 Å². The lowest BCUT2D eigenvalue weighted by atomic mass is 9.94. The van der Waals surface area contributed by atoms with Gasteiger partial charge >= 0.3 is 0 Å². The van der Waals surface area contributed by atoms with E-state index in [1.807, 2.05) is 24.3 Å². The second kappa shape index (κ2) is 12.2. The number of ether oxygens (including phenoxy) is 4. The number of carbonyl (C=O) groups excluding carboxylic acids is 2. The van der Waals surface area contributed by atoms with Gasteiger partial charge in [-0.25, -0.2) is 0 Å². The Morgan fingerprint density at radius 2 is 1.78 bits per heavy atom. The number of benzene rings is 2. The number of amides is 2. The van der Waals surface area contributed by atoms with Crippen LogP contribution in [0.2, 0.25) is 0 Å². The van der Waals surface area contributed by atoms with E-state index in [0.717, 1.165) is 25.7 Å². The van der Waals surface area contributed by atoms with E-state index in [1.54, 1.807) is 25.3 Å². The molecular weight excluding hydrogens is 484 g/mol. The summed E-state index contributed by atoms with van der Waals surface area (Å²) in [5, 5.41) is 3.18. The van der Waals surface area contributed by atoms with E-state index in [4.69, 9.17) is 30.5 Å². The summed E-state index contributed by atoms with van der Waals surface area (Å²) < 4.78 is 22.8. The summed E-state index contributed by atoms with van der Waals surface area (Å²) in [6, 6.07) is 11.7. The monoisotopic (exact) mass is 516 g/mol. The summed E-state index contributed by atoms with van der Waals surface area (Å²) in [7, 11) is 3.08. The van der Waals surface area contributed by atoms with Gasteiger partial charge in [-0.05, 0) is 42.7 Å². The minimum absolute atomic E-state index is 0.0722. The topological polar surface area (TPSA) is 86.3 Å². The van der Waals surface area contributed by atoms with Crippen molar-refractivity contribution in [1.82, 2.24) is 10.2 Å². The van der Waals surface area contributed by atoms with Gasteiger partial charge in [-0.2, -0.15) is 0 Å². The minimum Gasteiger partial charge on any atom is -0.493 e. The van der Waals surface area contributed by atoms with E-state index in [-0.39, 0.29) is 36.9 Å². The van der Waals surface area contributed by atoms with Gasteiger partial charge in [0.1, 0.15) is 18.5 Å². The van der Waals surface area contributed by atoms with Crippen LogP contribution >= 0.6 is 11.6 Å². The van der Waals surface area contributed by atoms with Crippen LogP contribution in [0.1, 0.15) is 43.7 Å². The van der Waals surface area contributed by atoms with E-state index >= 15 is 0 Å². The first-order valence-electron chi connectivity index (χ1n) is 12.3. The molecule has 9 heteroatoms. The van der Waals surface area contributed by atoms with Crippen molar-refractivity contribution in [3.8, 4) is 23.0 Å². The molecule has 4 rings (SSSR count). The summed E-state index contributed by atoms with van der Waals surface area (Å²) >= 11 is 6.04. The summed E-state index contributed by atoms with van der Waals surface area (Å²) in [6.45, 7) is 0.364. The summed E-state index contributed by atoms with van der Waals surface area (Å²) in [4.78, 5) is 28.4. The van der Waals surface area contributed by atoms with Gasteiger partial charge in [0, 0.05) is 6.04 Å². The smallest absolute Gasteiger partial charge is 0.247 e. The highest BCUT2D eigenvalue weighted by molar-refractivity contribution is 6.27. The molecule has 1 aliphatic heterocycles. The third-order valence-corrected chi connectivity index (χ3v) is 6.87. The molecule has 0 spiro atoms. The lowest BCUT2D eigenvalue weighted by Crippen LogP contribution is -2.51. The highest BCUT2D eigenvalue weighted by Gasteiger charge is 2.36.